The van der Waals surface area contributed by atoms with Gasteiger partial charge in [-0.2, -0.15) is 0 Å². The van der Waals surface area contributed by atoms with Crippen molar-refractivity contribution < 1.29 is 13.4 Å². The molecule has 2 aromatic rings. The third kappa shape index (κ3) is 5.79. The normalized spacial score (nSPS) is 12.4. The summed E-state index contributed by atoms with van der Waals surface area (Å²) in [4.78, 5) is 11.5. The summed E-state index contributed by atoms with van der Waals surface area (Å²) in [6.07, 6.45) is 4.54. The number of hydrogen-bond acceptors (Lipinski definition) is 3. The van der Waals surface area contributed by atoms with Crippen LogP contribution < -0.4 is 5.32 Å². The van der Waals surface area contributed by atoms with Gasteiger partial charge in [0, 0.05) is 34.9 Å². The first kappa shape index (κ1) is 15.3. The highest BCUT2D eigenvalue weighted by molar-refractivity contribution is 7.84. The molecule has 1 amide bonds. The van der Waals surface area contributed by atoms with Gasteiger partial charge in [-0.1, -0.05) is 30.3 Å². The van der Waals surface area contributed by atoms with Crippen LogP contribution in [0.25, 0.3) is 6.08 Å². The van der Waals surface area contributed by atoms with Crippen LogP contribution in [0.5, 0.6) is 0 Å². The highest BCUT2D eigenvalue weighted by Crippen LogP contribution is 2.03. The number of benzene rings is 1. The topological polar surface area (TPSA) is 59.3 Å². The van der Waals surface area contributed by atoms with Crippen LogP contribution in [0.4, 0.5) is 0 Å². The standard InChI is InChI=1S/C16H17NO3S/c18-16(9-8-15-7-4-11-20-15)17-10-12-21(19)13-14-5-2-1-3-6-14/h1-9,11H,10,12-13H2,(H,17,18)/b9-8-/t21-/m0/s1. The van der Waals surface area contributed by atoms with Crippen LogP contribution in [0.3, 0.4) is 0 Å². The van der Waals surface area contributed by atoms with Crippen molar-refractivity contribution >= 4 is 22.8 Å². The number of rotatable bonds is 7. The van der Waals surface area contributed by atoms with Crippen LogP contribution >= 0.6 is 0 Å². The molecule has 0 saturated carbocycles. The van der Waals surface area contributed by atoms with Crippen molar-refractivity contribution in [2.75, 3.05) is 12.3 Å². The Bertz CT molecular complexity index is 606. The highest BCUT2D eigenvalue weighted by atomic mass is 32.2. The van der Waals surface area contributed by atoms with Crippen LogP contribution in [0, 0.1) is 0 Å². The minimum absolute atomic E-state index is 0.219. The van der Waals surface area contributed by atoms with Gasteiger partial charge in [0.25, 0.3) is 0 Å². The summed E-state index contributed by atoms with van der Waals surface area (Å²) in [6.45, 7) is 0.390. The summed E-state index contributed by atoms with van der Waals surface area (Å²) in [5.74, 6) is 1.36. The zero-order chi connectivity index (χ0) is 14.9. The van der Waals surface area contributed by atoms with Crippen LogP contribution in [-0.4, -0.2) is 22.4 Å². The molecule has 0 radical (unpaired) electrons. The first-order valence-electron chi connectivity index (χ1n) is 6.62. The fraction of sp³-hybridized carbons (Fsp3) is 0.188. The van der Waals surface area contributed by atoms with E-state index in [0.29, 0.717) is 23.8 Å². The minimum atomic E-state index is -0.978. The average molecular weight is 303 g/mol. The maximum atomic E-state index is 11.9. The second-order valence-electron chi connectivity index (χ2n) is 4.41. The predicted molar refractivity (Wildman–Crippen MR) is 83.9 cm³/mol. The minimum Gasteiger partial charge on any atom is -0.465 e. The van der Waals surface area contributed by atoms with Gasteiger partial charge in [0.15, 0.2) is 0 Å². The smallest absolute Gasteiger partial charge is 0.244 e. The molecule has 21 heavy (non-hydrogen) atoms. The van der Waals surface area contributed by atoms with E-state index in [1.165, 1.54) is 6.08 Å². The van der Waals surface area contributed by atoms with E-state index in [0.717, 1.165) is 5.56 Å². The zero-order valence-electron chi connectivity index (χ0n) is 11.5. The van der Waals surface area contributed by atoms with Crippen molar-refractivity contribution in [3.63, 3.8) is 0 Å². The van der Waals surface area contributed by atoms with Crippen LogP contribution in [0.15, 0.2) is 59.2 Å². The van der Waals surface area contributed by atoms with Crippen molar-refractivity contribution in [1.82, 2.24) is 5.32 Å². The van der Waals surface area contributed by atoms with Crippen molar-refractivity contribution in [1.29, 1.82) is 0 Å². The molecule has 5 heteroatoms. The summed E-state index contributed by atoms with van der Waals surface area (Å²) in [5.41, 5.74) is 1.04. The van der Waals surface area contributed by atoms with Crippen molar-refractivity contribution in [2.24, 2.45) is 0 Å². The van der Waals surface area contributed by atoms with E-state index in [9.17, 15) is 9.00 Å². The Hall–Kier alpha value is -2.14. The Morgan fingerprint density at radius 3 is 2.71 bits per heavy atom. The molecule has 0 spiro atoms. The van der Waals surface area contributed by atoms with Gasteiger partial charge in [-0.3, -0.25) is 9.00 Å². The van der Waals surface area contributed by atoms with E-state index in [2.05, 4.69) is 5.32 Å². The highest BCUT2D eigenvalue weighted by Gasteiger charge is 2.02. The lowest BCUT2D eigenvalue weighted by molar-refractivity contribution is -0.116. The quantitative estimate of drug-likeness (QED) is 0.799. The molecule has 4 nitrogen and oxygen atoms in total. The van der Waals surface area contributed by atoms with Gasteiger partial charge >= 0.3 is 0 Å². The monoisotopic (exact) mass is 303 g/mol. The molecule has 1 atom stereocenters. The Morgan fingerprint density at radius 2 is 2.00 bits per heavy atom. The second kappa shape index (κ2) is 8.21. The largest absolute Gasteiger partial charge is 0.465 e. The molecule has 1 aromatic carbocycles. The lowest BCUT2D eigenvalue weighted by Crippen LogP contribution is -2.26. The van der Waals surface area contributed by atoms with Crippen molar-refractivity contribution in [3.8, 4) is 0 Å². The van der Waals surface area contributed by atoms with Gasteiger partial charge in [-0.25, -0.2) is 0 Å². The summed E-state index contributed by atoms with van der Waals surface area (Å²) in [6, 6.07) is 13.2. The molecular weight excluding hydrogens is 286 g/mol. The third-order valence-corrected chi connectivity index (χ3v) is 4.06. The van der Waals surface area contributed by atoms with Gasteiger partial charge in [-0.05, 0) is 23.8 Å². The fourth-order valence-electron chi connectivity index (χ4n) is 1.72. The molecule has 0 saturated heterocycles. The molecule has 0 aliphatic heterocycles. The van der Waals surface area contributed by atoms with E-state index >= 15 is 0 Å². The van der Waals surface area contributed by atoms with Crippen LogP contribution in [0.1, 0.15) is 11.3 Å². The zero-order valence-corrected chi connectivity index (χ0v) is 12.3. The Kier molecular flexibility index (Phi) is 5.97. The lowest BCUT2D eigenvalue weighted by atomic mass is 10.2. The van der Waals surface area contributed by atoms with Crippen molar-refractivity contribution in [2.45, 2.75) is 5.75 Å². The van der Waals surface area contributed by atoms with E-state index in [4.69, 9.17) is 4.42 Å². The molecule has 2 rings (SSSR count). The van der Waals surface area contributed by atoms with Gasteiger partial charge in [0.2, 0.25) is 5.91 Å². The summed E-state index contributed by atoms with van der Waals surface area (Å²) < 4.78 is 16.9. The Labute approximate surface area is 126 Å². The van der Waals surface area contributed by atoms with Crippen molar-refractivity contribution in [3.05, 3.63) is 66.1 Å². The van der Waals surface area contributed by atoms with E-state index < -0.39 is 10.8 Å². The number of nitrogens with one attached hydrogen (secondary N) is 1. The summed E-state index contributed by atoms with van der Waals surface area (Å²) in [7, 11) is -0.978. The molecule has 1 heterocycles. The number of furan rings is 1. The van der Waals surface area contributed by atoms with Crippen LogP contribution in [-0.2, 0) is 21.3 Å². The average Bonchev–Trinajstić information content (AvgIpc) is 2.99. The van der Waals surface area contributed by atoms with Gasteiger partial charge in [0.05, 0.1) is 6.26 Å². The molecule has 0 bridgehead atoms. The summed E-state index contributed by atoms with van der Waals surface area (Å²) in [5, 5.41) is 2.70. The molecule has 0 fully saturated rings. The number of carbonyl (C=O) groups excluding carboxylic acids is 1. The molecule has 110 valence electrons. The van der Waals surface area contributed by atoms with Gasteiger partial charge < -0.3 is 9.73 Å². The molecule has 0 aliphatic rings. The summed E-state index contributed by atoms with van der Waals surface area (Å²) >= 11 is 0. The van der Waals surface area contributed by atoms with E-state index in [1.807, 2.05) is 30.3 Å². The Balaban J connectivity index is 1.67. The number of hydrogen-bond donors (Lipinski definition) is 1. The molecule has 1 aromatic heterocycles. The molecule has 0 aliphatic carbocycles. The third-order valence-electron chi connectivity index (χ3n) is 2.74. The maximum absolute atomic E-state index is 11.9. The number of carbonyl (C=O) groups is 1. The van der Waals surface area contributed by atoms with Gasteiger partial charge in [-0.15, -0.1) is 0 Å². The first-order chi connectivity index (χ1) is 10.2. The molecule has 0 unspecified atom stereocenters. The molecule has 1 N–H and O–H groups in total. The molecular formula is C16H17NO3S. The second-order valence-corrected chi connectivity index (χ2v) is 5.99. The first-order valence-corrected chi connectivity index (χ1v) is 8.11. The van der Waals surface area contributed by atoms with Gasteiger partial charge in [0.1, 0.15) is 5.76 Å². The van der Waals surface area contributed by atoms with Crippen LogP contribution in [0.2, 0.25) is 0 Å². The number of amides is 1. The van der Waals surface area contributed by atoms with E-state index in [-0.39, 0.29) is 5.91 Å². The maximum Gasteiger partial charge on any atom is 0.244 e. The SMILES string of the molecule is O=C(/C=C\c1ccco1)NCC[S@](=O)Cc1ccccc1. The van der Waals surface area contributed by atoms with E-state index in [1.54, 1.807) is 24.5 Å². The predicted octanol–water partition coefficient (Wildman–Crippen LogP) is 2.36. The fourth-order valence-corrected chi connectivity index (χ4v) is 2.76. The Morgan fingerprint density at radius 1 is 1.19 bits per heavy atom. The lowest BCUT2D eigenvalue weighted by Gasteiger charge is -2.03.